The molecule has 1 aliphatic rings. The summed E-state index contributed by atoms with van der Waals surface area (Å²) in [5, 5.41) is 2.65. The highest BCUT2D eigenvalue weighted by atomic mass is 19.1. The van der Waals surface area contributed by atoms with Crippen molar-refractivity contribution in [3.8, 4) is 0 Å². The second kappa shape index (κ2) is 9.46. The van der Waals surface area contributed by atoms with Crippen LogP contribution in [-0.2, 0) is 16.1 Å². The second-order valence-corrected chi connectivity index (χ2v) is 6.63. The van der Waals surface area contributed by atoms with Crippen molar-refractivity contribution >= 4 is 11.6 Å². The number of amides is 1. The van der Waals surface area contributed by atoms with Crippen LogP contribution in [-0.4, -0.2) is 36.6 Å². The fourth-order valence-electron chi connectivity index (χ4n) is 3.19. The Morgan fingerprint density at radius 3 is 2.65 bits per heavy atom. The van der Waals surface area contributed by atoms with Crippen LogP contribution in [0.15, 0.2) is 54.6 Å². The molecule has 26 heavy (non-hydrogen) atoms. The van der Waals surface area contributed by atoms with E-state index in [1.165, 1.54) is 11.6 Å². The molecule has 138 valence electrons. The van der Waals surface area contributed by atoms with E-state index in [2.05, 4.69) is 22.3 Å². The number of para-hydroxylation sites is 1. The van der Waals surface area contributed by atoms with Crippen LogP contribution >= 0.6 is 0 Å². The van der Waals surface area contributed by atoms with E-state index in [0.717, 1.165) is 32.5 Å². The Bertz CT molecular complexity index is 702. The average molecular weight is 356 g/mol. The number of hydrogen-bond acceptors (Lipinski definition) is 3. The fraction of sp³-hybridized carbons (Fsp3) is 0.381. The minimum absolute atomic E-state index is 0.180. The molecule has 1 atom stereocenters. The first-order valence-electron chi connectivity index (χ1n) is 9.13. The molecule has 1 N–H and O–H groups in total. The summed E-state index contributed by atoms with van der Waals surface area (Å²) in [5.41, 5.74) is 1.44. The van der Waals surface area contributed by atoms with Crippen LogP contribution in [0, 0.1) is 5.82 Å². The monoisotopic (exact) mass is 356 g/mol. The first-order chi connectivity index (χ1) is 12.7. The molecule has 5 heteroatoms. The Morgan fingerprint density at radius 2 is 1.92 bits per heavy atom. The van der Waals surface area contributed by atoms with Gasteiger partial charge in [0, 0.05) is 32.7 Å². The maximum absolute atomic E-state index is 13.7. The topological polar surface area (TPSA) is 41.6 Å². The van der Waals surface area contributed by atoms with E-state index in [4.69, 9.17) is 4.74 Å². The summed E-state index contributed by atoms with van der Waals surface area (Å²) in [7, 11) is 0. The Balaban J connectivity index is 1.55. The van der Waals surface area contributed by atoms with Gasteiger partial charge in [0.05, 0.1) is 11.8 Å². The minimum atomic E-state index is -0.415. The number of benzene rings is 2. The van der Waals surface area contributed by atoms with Gasteiger partial charge in [0.2, 0.25) is 5.91 Å². The molecule has 2 aromatic carbocycles. The van der Waals surface area contributed by atoms with Gasteiger partial charge in [-0.25, -0.2) is 4.39 Å². The van der Waals surface area contributed by atoms with Gasteiger partial charge < -0.3 is 10.1 Å². The highest BCUT2D eigenvalue weighted by Gasteiger charge is 2.20. The zero-order valence-corrected chi connectivity index (χ0v) is 14.9. The van der Waals surface area contributed by atoms with E-state index in [-0.39, 0.29) is 17.7 Å². The summed E-state index contributed by atoms with van der Waals surface area (Å²) in [5.74, 6) is -0.596. The molecule has 1 aliphatic heterocycles. The van der Waals surface area contributed by atoms with Crippen LogP contribution in [0.3, 0.4) is 0 Å². The Kier molecular flexibility index (Phi) is 6.75. The van der Waals surface area contributed by atoms with E-state index < -0.39 is 5.82 Å². The van der Waals surface area contributed by atoms with Gasteiger partial charge in [-0.1, -0.05) is 42.5 Å². The van der Waals surface area contributed by atoms with Crippen molar-refractivity contribution in [2.45, 2.75) is 31.9 Å². The molecule has 0 spiro atoms. The van der Waals surface area contributed by atoms with Crippen LogP contribution in [0.1, 0.15) is 24.8 Å². The second-order valence-electron chi connectivity index (χ2n) is 6.63. The van der Waals surface area contributed by atoms with Gasteiger partial charge in [-0.2, -0.15) is 0 Å². The van der Waals surface area contributed by atoms with Crippen molar-refractivity contribution in [2.24, 2.45) is 0 Å². The Morgan fingerprint density at radius 1 is 1.15 bits per heavy atom. The first-order valence-corrected chi connectivity index (χ1v) is 9.13. The molecule has 1 saturated heterocycles. The van der Waals surface area contributed by atoms with Gasteiger partial charge in [0.25, 0.3) is 0 Å². The number of halogens is 1. The zero-order valence-electron chi connectivity index (χ0n) is 14.9. The molecule has 0 aromatic heterocycles. The lowest BCUT2D eigenvalue weighted by Crippen LogP contribution is -2.34. The SMILES string of the molecule is O=C(CCN(Cc1ccccc1)CC1CCCO1)Nc1ccccc1F. The lowest BCUT2D eigenvalue weighted by molar-refractivity contribution is -0.116. The molecule has 0 radical (unpaired) electrons. The summed E-state index contributed by atoms with van der Waals surface area (Å²) < 4.78 is 19.4. The summed E-state index contributed by atoms with van der Waals surface area (Å²) in [6, 6.07) is 16.4. The average Bonchev–Trinajstić information content (AvgIpc) is 3.16. The van der Waals surface area contributed by atoms with Gasteiger partial charge >= 0.3 is 0 Å². The molecule has 1 heterocycles. The van der Waals surface area contributed by atoms with Crippen LogP contribution in [0.25, 0.3) is 0 Å². The molecular formula is C21H25FN2O2. The summed E-state index contributed by atoms with van der Waals surface area (Å²) in [4.78, 5) is 14.5. The number of ether oxygens (including phenoxy) is 1. The Hall–Kier alpha value is -2.24. The van der Waals surface area contributed by atoms with Crippen molar-refractivity contribution < 1.29 is 13.9 Å². The summed E-state index contributed by atoms with van der Waals surface area (Å²) >= 11 is 0. The van der Waals surface area contributed by atoms with Crippen molar-refractivity contribution in [3.63, 3.8) is 0 Å². The summed E-state index contributed by atoms with van der Waals surface area (Å²) in [6.45, 7) is 3.00. The zero-order chi connectivity index (χ0) is 18.2. The summed E-state index contributed by atoms with van der Waals surface area (Å²) in [6.07, 6.45) is 2.70. The van der Waals surface area contributed by atoms with E-state index >= 15 is 0 Å². The third-order valence-electron chi connectivity index (χ3n) is 4.54. The molecule has 4 nitrogen and oxygen atoms in total. The predicted octanol–water partition coefficient (Wildman–Crippen LogP) is 3.84. The molecule has 2 aromatic rings. The van der Waals surface area contributed by atoms with E-state index in [9.17, 15) is 9.18 Å². The quantitative estimate of drug-likeness (QED) is 0.781. The maximum atomic E-state index is 13.7. The highest BCUT2D eigenvalue weighted by Crippen LogP contribution is 2.16. The molecular weight excluding hydrogens is 331 g/mol. The smallest absolute Gasteiger partial charge is 0.225 e. The third-order valence-corrected chi connectivity index (χ3v) is 4.54. The van der Waals surface area contributed by atoms with Crippen LogP contribution in [0.4, 0.5) is 10.1 Å². The number of anilines is 1. The number of rotatable bonds is 8. The van der Waals surface area contributed by atoms with Gasteiger partial charge in [-0.3, -0.25) is 9.69 Å². The van der Waals surface area contributed by atoms with Gasteiger partial charge in [-0.05, 0) is 30.5 Å². The van der Waals surface area contributed by atoms with E-state index in [0.29, 0.717) is 13.0 Å². The molecule has 0 saturated carbocycles. The number of carbonyl (C=O) groups is 1. The van der Waals surface area contributed by atoms with Crippen LogP contribution < -0.4 is 5.32 Å². The number of hydrogen-bond donors (Lipinski definition) is 1. The number of nitrogens with one attached hydrogen (secondary N) is 1. The Labute approximate surface area is 154 Å². The third kappa shape index (κ3) is 5.64. The van der Waals surface area contributed by atoms with E-state index in [1.54, 1.807) is 18.2 Å². The van der Waals surface area contributed by atoms with Crippen molar-refractivity contribution in [3.05, 3.63) is 66.0 Å². The molecule has 1 fully saturated rings. The molecule has 1 unspecified atom stereocenters. The maximum Gasteiger partial charge on any atom is 0.225 e. The standard InChI is InChI=1S/C21H25FN2O2/c22-19-10-4-5-11-20(19)23-21(25)12-13-24(16-18-9-6-14-26-18)15-17-7-2-1-3-8-17/h1-5,7-8,10-11,18H,6,9,12-16H2,(H,23,25). The number of carbonyl (C=O) groups excluding carboxylic acids is 1. The lowest BCUT2D eigenvalue weighted by Gasteiger charge is -2.25. The first kappa shape index (κ1) is 18.5. The molecule has 0 bridgehead atoms. The molecule has 1 amide bonds. The molecule has 3 rings (SSSR count). The van der Waals surface area contributed by atoms with Crippen molar-refractivity contribution in [1.82, 2.24) is 4.90 Å². The molecule has 0 aliphatic carbocycles. The highest BCUT2D eigenvalue weighted by molar-refractivity contribution is 5.90. The van der Waals surface area contributed by atoms with Crippen molar-refractivity contribution in [1.29, 1.82) is 0 Å². The van der Waals surface area contributed by atoms with Gasteiger partial charge in [0.1, 0.15) is 5.82 Å². The van der Waals surface area contributed by atoms with Gasteiger partial charge in [-0.15, -0.1) is 0 Å². The normalized spacial score (nSPS) is 16.8. The number of nitrogens with zero attached hydrogens (tertiary/aromatic N) is 1. The lowest BCUT2D eigenvalue weighted by atomic mass is 10.1. The van der Waals surface area contributed by atoms with Crippen LogP contribution in [0.5, 0.6) is 0 Å². The van der Waals surface area contributed by atoms with Crippen molar-refractivity contribution in [2.75, 3.05) is 25.0 Å². The fourth-order valence-corrected chi connectivity index (χ4v) is 3.19. The van der Waals surface area contributed by atoms with Crippen LogP contribution in [0.2, 0.25) is 0 Å². The van der Waals surface area contributed by atoms with E-state index in [1.807, 2.05) is 18.2 Å². The largest absolute Gasteiger partial charge is 0.377 e. The minimum Gasteiger partial charge on any atom is -0.377 e. The predicted molar refractivity (Wildman–Crippen MR) is 100 cm³/mol. The van der Waals surface area contributed by atoms with Gasteiger partial charge in [0.15, 0.2) is 0 Å².